The lowest BCUT2D eigenvalue weighted by Gasteiger charge is -2.48. The van der Waals surface area contributed by atoms with Crippen LogP contribution in [0.2, 0.25) is 0 Å². The molecule has 1 N–H and O–H groups in total. The Morgan fingerprint density at radius 1 is 0.932 bits per heavy atom. The first-order valence-electron chi connectivity index (χ1n) is 15.4. The third-order valence-corrected chi connectivity index (χ3v) is 8.22. The third-order valence-electron chi connectivity index (χ3n) is 8.22. The van der Waals surface area contributed by atoms with Gasteiger partial charge in [-0.2, -0.15) is 0 Å². The zero-order valence-corrected chi connectivity index (χ0v) is 26.2. The number of hydrogen-bond donors (Lipinski definition) is 1. The van der Waals surface area contributed by atoms with Crippen molar-refractivity contribution in [3.8, 4) is 0 Å². The van der Waals surface area contributed by atoms with Crippen LogP contribution in [0.4, 0.5) is 4.39 Å². The Labute approximate surface area is 260 Å². The Bertz CT molecular complexity index is 1510. The number of carbonyl (C=O) groups is 2. The van der Waals surface area contributed by atoms with Crippen LogP contribution in [-0.2, 0) is 29.0 Å². The van der Waals surface area contributed by atoms with Crippen LogP contribution in [0.3, 0.4) is 0 Å². The average molecular weight is 595 g/mol. The fourth-order valence-corrected chi connectivity index (χ4v) is 6.14. The highest BCUT2D eigenvalue weighted by Gasteiger charge is 2.47. The Morgan fingerprint density at radius 2 is 1.57 bits per heavy atom. The number of fused-ring (bicyclic) bond motifs is 1. The van der Waals surface area contributed by atoms with Gasteiger partial charge in [0.15, 0.2) is 11.8 Å². The summed E-state index contributed by atoms with van der Waals surface area (Å²) in [7, 11) is 2.05. The lowest BCUT2D eigenvalue weighted by Crippen LogP contribution is -2.56. The number of amides is 1. The molecule has 0 aromatic heterocycles. The van der Waals surface area contributed by atoms with Crippen LogP contribution in [0, 0.1) is 11.2 Å². The molecule has 2 unspecified atom stereocenters. The van der Waals surface area contributed by atoms with Gasteiger partial charge in [0.1, 0.15) is 11.6 Å². The van der Waals surface area contributed by atoms with Crippen molar-refractivity contribution in [1.29, 1.82) is 0 Å². The summed E-state index contributed by atoms with van der Waals surface area (Å²) >= 11 is 0. The summed E-state index contributed by atoms with van der Waals surface area (Å²) in [6, 6.07) is 25.7. The number of carbonyl (C=O) groups excluding carboxylic acids is 2. The van der Waals surface area contributed by atoms with Crippen LogP contribution >= 0.6 is 0 Å². The molecule has 0 radical (unpaired) electrons. The first kappa shape index (κ1) is 31.2. The summed E-state index contributed by atoms with van der Waals surface area (Å²) in [5.74, 6) is -0.175. The molecule has 0 saturated heterocycles. The molecule has 7 heteroatoms. The van der Waals surface area contributed by atoms with Crippen LogP contribution in [-0.4, -0.2) is 58.7 Å². The molecule has 2 atom stereocenters. The van der Waals surface area contributed by atoms with Gasteiger partial charge in [-0.3, -0.25) is 14.5 Å². The Kier molecular flexibility index (Phi) is 9.64. The van der Waals surface area contributed by atoms with Gasteiger partial charge in [0.05, 0.1) is 12.7 Å². The fraction of sp³-hybridized carbons (Fsp3) is 0.351. The molecule has 2 aliphatic heterocycles. The minimum Gasteiger partial charge on any atom is -0.354 e. The minimum atomic E-state index is -1.02. The molecular formula is C37H43FN4O2. The number of hydrogen-bond acceptors (Lipinski definition) is 5. The van der Waals surface area contributed by atoms with E-state index in [4.69, 9.17) is 0 Å². The Balaban J connectivity index is 1.43. The predicted octanol–water partition coefficient (Wildman–Crippen LogP) is 5.92. The first-order valence-corrected chi connectivity index (χ1v) is 15.4. The number of allylic oxidation sites excluding steroid dienone is 1. The molecule has 0 fully saturated rings. The van der Waals surface area contributed by atoms with Gasteiger partial charge >= 0.3 is 0 Å². The van der Waals surface area contributed by atoms with E-state index in [1.54, 1.807) is 18.2 Å². The van der Waals surface area contributed by atoms with E-state index in [1.807, 2.05) is 47.4 Å². The van der Waals surface area contributed by atoms with Crippen molar-refractivity contribution in [3.63, 3.8) is 0 Å². The van der Waals surface area contributed by atoms with Crippen molar-refractivity contribution in [1.82, 2.24) is 20.0 Å². The molecule has 230 valence electrons. The second-order valence-corrected chi connectivity index (χ2v) is 12.8. The Hall–Kier alpha value is -4.23. The molecule has 3 aromatic rings. The van der Waals surface area contributed by atoms with Crippen molar-refractivity contribution in [2.75, 3.05) is 20.3 Å². The van der Waals surface area contributed by atoms with Crippen molar-refractivity contribution in [2.24, 2.45) is 5.41 Å². The molecule has 0 spiro atoms. The number of nitrogens with zero attached hydrogens (tertiary/aromatic N) is 3. The largest absolute Gasteiger partial charge is 0.354 e. The number of rotatable bonds is 11. The minimum absolute atomic E-state index is 0.252. The molecule has 2 heterocycles. The van der Waals surface area contributed by atoms with Crippen molar-refractivity contribution >= 4 is 11.7 Å². The SMILES string of the molecule is CN(Cc1ccccc1)CN1C2=CC(=O)C(C(=O)NCCCc3ccccc3)N2C(Cc2ccccc2F)C=C1C(C)(C)C. The maximum atomic E-state index is 14.9. The zero-order chi connectivity index (χ0) is 31.3. The lowest BCUT2D eigenvalue weighted by atomic mass is 9.87. The number of halogens is 1. The second kappa shape index (κ2) is 13.6. The van der Waals surface area contributed by atoms with Gasteiger partial charge in [-0.25, -0.2) is 4.39 Å². The van der Waals surface area contributed by atoms with Gasteiger partial charge in [0, 0.05) is 30.3 Å². The highest BCUT2D eigenvalue weighted by molar-refractivity contribution is 6.12. The highest BCUT2D eigenvalue weighted by Crippen LogP contribution is 2.41. The quantitative estimate of drug-likeness (QED) is 0.221. The van der Waals surface area contributed by atoms with E-state index in [2.05, 4.69) is 73.3 Å². The van der Waals surface area contributed by atoms with E-state index >= 15 is 0 Å². The summed E-state index contributed by atoms with van der Waals surface area (Å²) < 4.78 is 14.9. The third kappa shape index (κ3) is 7.28. The zero-order valence-electron chi connectivity index (χ0n) is 26.2. The molecule has 6 nitrogen and oxygen atoms in total. The Morgan fingerprint density at radius 3 is 2.23 bits per heavy atom. The van der Waals surface area contributed by atoms with E-state index in [0.29, 0.717) is 31.0 Å². The molecule has 1 amide bonds. The van der Waals surface area contributed by atoms with Gasteiger partial charge in [0.25, 0.3) is 5.91 Å². The fourth-order valence-electron chi connectivity index (χ4n) is 6.14. The molecule has 0 bridgehead atoms. The van der Waals surface area contributed by atoms with Crippen LogP contribution in [0.5, 0.6) is 0 Å². The van der Waals surface area contributed by atoms with Gasteiger partial charge in [-0.15, -0.1) is 0 Å². The van der Waals surface area contributed by atoms with E-state index < -0.39 is 6.04 Å². The van der Waals surface area contributed by atoms with Crippen LogP contribution < -0.4 is 5.32 Å². The molecular weight excluding hydrogens is 551 g/mol. The van der Waals surface area contributed by atoms with Gasteiger partial charge in [-0.1, -0.05) is 99.6 Å². The topological polar surface area (TPSA) is 55.9 Å². The monoisotopic (exact) mass is 594 g/mol. The van der Waals surface area contributed by atoms with Crippen molar-refractivity contribution in [2.45, 2.75) is 58.7 Å². The maximum Gasteiger partial charge on any atom is 0.250 e. The molecule has 0 saturated carbocycles. The molecule has 5 rings (SSSR count). The number of ketones is 1. The average Bonchev–Trinajstić information content (AvgIpc) is 3.35. The second-order valence-electron chi connectivity index (χ2n) is 12.8. The molecule has 3 aromatic carbocycles. The summed E-state index contributed by atoms with van der Waals surface area (Å²) in [5, 5.41) is 3.03. The van der Waals surface area contributed by atoms with Crippen LogP contribution in [0.1, 0.15) is 43.9 Å². The van der Waals surface area contributed by atoms with E-state index in [1.165, 1.54) is 17.2 Å². The highest BCUT2D eigenvalue weighted by atomic mass is 19.1. The van der Waals surface area contributed by atoms with Crippen LogP contribution in [0.25, 0.3) is 0 Å². The maximum absolute atomic E-state index is 14.9. The van der Waals surface area contributed by atoms with E-state index in [0.717, 1.165) is 25.1 Å². The number of aryl methyl sites for hydroxylation is 1. The lowest BCUT2D eigenvalue weighted by molar-refractivity contribution is -0.132. The normalized spacial score (nSPS) is 18.3. The van der Waals surface area contributed by atoms with Crippen molar-refractivity contribution in [3.05, 3.63) is 131 Å². The standard InChI is InChI=1S/C37H43FN4O2/c1-37(2,3)33-23-30(22-29-19-11-12-20-31(29)38)42-34(41(33)26-40(4)25-28-16-9-6-10-17-28)24-32(43)35(42)36(44)39-21-13-18-27-14-7-5-8-15-27/h5-12,14-17,19-20,23-24,30,35H,13,18,21-22,25-26H2,1-4H3,(H,39,44). The first-order chi connectivity index (χ1) is 21.1. The summed E-state index contributed by atoms with van der Waals surface area (Å²) in [6.45, 7) is 8.14. The van der Waals surface area contributed by atoms with Crippen molar-refractivity contribution < 1.29 is 14.0 Å². The summed E-state index contributed by atoms with van der Waals surface area (Å²) in [5.41, 5.74) is 3.72. The molecule has 2 aliphatic rings. The molecule has 44 heavy (non-hydrogen) atoms. The van der Waals surface area contributed by atoms with Gasteiger partial charge in [-0.05, 0) is 55.1 Å². The number of nitrogens with one attached hydrogen (secondary N) is 1. The van der Waals surface area contributed by atoms with E-state index in [9.17, 15) is 14.0 Å². The smallest absolute Gasteiger partial charge is 0.250 e. The van der Waals surface area contributed by atoms with Crippen LogP contribution in [0.15, 0.2) is 109 Å². The predicted molar refractivity (Wildman–Crippen MR) is 173 cm³/mol. The van der Waals surface area contributed by atoms with E-state index in [-0.39, 0.29) is 29.0 Å². The number of benzene rings is 3. The van der Waals surface area contributed by atoms with Gasteiger partial charge in [0.2, 0.25) is 0 Å². The van der Waals surface area contributed by atoms with Gasteiger partial charge < -0.3 is 15.1 Å². The summed E-state index contributed by atoms with van der Waals surface area (Å²) in [4.78, 5) is 33.6. The summed E-state index contributed by atoms with van der Waals surface area (Å²) in [6.07, 6.45) is 5.68. The molecule has 0 aliphatic carbocycles.